The summed E-state index contributed by atoms with van der Waals surface area (Å²) in [7, 11) is 0. The minimum atomic E-state index is -4.32. The van der Waals surface area contributed by atoms with Crippen LogP contribution in [0.1, 0.15) is 46.0 Å². The molecule has 0 spiro atoms. The van der Waals surface area contributed by atoms with Crippen molar-refractivity contribution >= 4 is 5.91 Å². The molecule has 1 fully saturated rings. The molecule has 3 nitrogen and oxygen atoms in total. The standard InChI is InChI=1S/C14H24F3NO2/c1-9(2)7-10(19)8-18-13(20)11-5-3-4-6-12(11)14(15,16)17/h9-12,19H,3-8H2,1-2H3,(H,18,20). The average Bonchev–Trinajstić information content (AvgIpc) is 2.34. The van der Waals surface area contributed by atoms with Crippen LogP contribution in [0.25, 0.3) is 0 Å². The van der Waals surface area contributed by atoms with Gasteiger partial charge >= 0.3 is 6.18 Å². The fourth-order valence-electron chi connectivity index (χ4n) is 2.81. The summed E-state index contributed by atoms with van der Waals surface area (Å²) in [6.45, 7) is 3.90. The molecule has 1 amide bonds. The van der Waals surface area contributed by atoms with Crippen molar-refractivity contribution in [3.05, 3.63) is 0 Å². The number of aliphatic hydroxyl groups is 1. The van der Waals surface area contributed by atoms with Gasteiger partial charge in [-0.2, -0.15) is 13.2 Å². The molecular formula is C14H24F3NO2. The average molecular weight is 295 g/mol. The molecule has 1 saturated carbocycles. The molecule has 0 radical (unpaired) electrons. The van der Waals surface area contributed by atoms with Crippen LogP contribution in [-0.4, -0.2) is 29.8 Å². The van der Waals surface area contributed by atoms with Crippen molar-refractivity contribution in [2.75, 3.05) is 6.54 Å². The number of hydrogen-bond donors (Lipinski definition) is 2. The van der Waals surface area contributed by atoms with Gasteiger partial charge in [-0.3, -0.25) is 4.79 Å². The van der Waals surface area contributed by atoms with Crippen LogP contribution >= 0.6 is 0 Å². The molecule has 0 aromatic rings. The zero-order chi connectivity index (χ0) is 15.3. The summed E-state index contributed by atoms with van der Waals surface area (Å²) in [5.41, 5.74) is 0. The van der Waals surface area contributed by atoms with Crippen molar-refractivity contribution in [1.82, 2.24) is 5.32 Å². The Labute approximate surface area is 117 Å². The summed E-state index contributed by atoms with van der Waals surface area (Å²) in [5, 5.41) is 12.1. The summed E-state index contributed by atoms with van der Waals surface area (Å²) in [5.74, 6) is -2.84. The summed E-state index contributed by atoms with van der Waals surface area (Å²) >= 11 is 0. The zero-order valence-electron chi connectivity index (χ0n) is 12.0. The first-order valence-electron chi connectivity index (χ1n) is 7.24. The smallest absolute Gasteiger partial charge is 0.391 e. The fourth-order valence-corrected chi connectivity index (χ4v) is 2.81. The second-order valence-corrected chi connectivity index (χ2v) is 6.07. The van der Waals surface area contributed by atoms with E-state index in [1.54, 1.807) is 0 Å². The van der Waals surface area contributed by atoms with Crippen LogP contribution in [0.4, 0.5) is 13.2 Å². The molecule has 1 rings (SSSR count). The Morgan fingerprint density at radius 2 is 1.90 bits per heavy atom. The molecule has 0 bridgehead atoms. The Balaban J connectivity index is 2.52. The normalized spacial score (nSPS) is 25.6. The molecule has 3 unspecified atom stereocenters. The molecule has 0 saturated heterocycles. The lowest BCUT2D eigenvalue weighted by atomic mass is 9.78. The quantitative estimate of drug-likeness (QED) is 0.819. The predicted molar refractivity (Wildman–Crippen MR) is 70.0 cm³/mol. The first kappa shape index (κ1) is 17.3. The monoisotopic (exact) mass is 295 g/mol. The number of hydrogen-bond acceptors (Lipinski definition) is 2. The molecule has 0 aromatic carbocycles. The van der Waals surface area contributed by atoms with E-state index in [4.69, 9.17) is 0 Å². The molecule has 1 aliphatic carbocycles. The first-order valence-corrected chi connectivity index (χ1v) is 7.24. The molecule has 1 aliphatic rings. The number of carbonyl (C=O) groups is 1. The van der Waals surface area contributed by atoms with Crippen molar-refractivity contribution in [2.45, 2.75) is 58.2 Å². The molecule has 0 aliphatic heterocycles. The second kappa shape index (κ2) is 7.29. The Morgan fingerprint density at radius 1 is 1.30 bits per heavy atom. The highest BCUT2D eigenvalue weighted by atomic mass is 19.4. The number of halogens is 3. The van der Waals surface area contributed by atoms with Crippen molar-refractivity contribution in [3.8, 4) is 0 Å². The Hall–Kier alpha value is -0.780. The lowest BCUT2D eigenvalue weighted by molar-refractivity contribution is -0.198. The first-order chi connectivity index (χ1) is 9.21. The molecule has 3 atom stereocenters. The number of aliphatic hydroxyl groups excluding tert-OH is 1. The van der Waals surface area contributed by atoms with Gasteiger partial charge in [0.15, 0.2) is 0 Å². The lowest BCUT2D eigenvalue weighted by Crippen LogP contribution is -2.44. The number of nitrogens with one attached hydrogen (secondary N) is 1. The minimum absolute atomic E-state index is 0.0239. The number of alkyl halides is 3. The summed E-state index contributed by atoms with van der Waals surface area (Å²) in [4.78, 5) is 11.9. The van der Waals surface area contributed by atoms with Gasteiger partial charge in [-0.1, -0.05) is 26.7 Å². The summed E-state index contributed by atoms with van der Waals surface area (Å²) in [6, 6.07) is 0. The van der Waals surface area contributed by atoms with Gasteiger partial charge < -0.3 is 10.4 Å². The van der Waals surface area contributed by atoms with Gasteiger partial charge in [-0.25, -0.2) is 0 Å². The van der Waals surface area contributed by atoms with E-state index in [2.05, 4.69) is 5.32 Å². The van der Waals surface area contributed by atoms with E-state index in [0.29, 0.717) is 19.3 Å². The Morgan fingerprint density at radius 3 is 2.45 bits per heavy atom. The van der Waals surface area contributed by atoms with E-state index < -0.39 is 30.0 Å². The van der Waals surface area contributed by atoms with Gasteiger partial charge in [0.25, 0.3) is 0 Å². The van der Waals surface area contributed by atoms with E-state index in [1.807, 2.05) is 13.8 Å². The van der Waals surface area contributed by atoms with Gasteiger partial charge in [0.1, 0.15) is 0 Å². The van der Waals surface area contributed by atoms with Crippen LogP contribution in [0.3, 0.4) is 0 Å². The van der Waals surface area contributed by atoms with Crippen LogP contribution in [0.15, 0.2) is 0 Å². The van der Waals surface area contributed by atoms with E-state index in [1.165, 1.54) is 0 Å². The van der Waals surface area contributed by atoms with E-state index in [9.17, 15) is 23.1 Å². The molecule has 6 heteroatoms. The highest BCUT2D eigenvalue weighted by Crippen LogP contribution is 2.41. The maximum atomic E-state index is 12.9. The van der Waals surface area contributed by atoms with Crippen LogP contribution in [-0.2, 0) is 4.79 Å². The molecule has 0 heterocycles. The molecule has 0 aromatic heterocycles. The van der Waals surface area contributed by atoms with Crippen LogP contribution < -0.4 is 5.32 Å². The van der Waals surface area contributed by atoms with Crippen LogP contribution in [0, 0.1) is 17.8 Å². The highest BCUT2D eigenvalue weighted by Gasteiger charge is 2.47. The topological polar surface area (TPSA) is 49.3 Å². The zero-order valence-corrected chi connectivity index (χ0v) is 12.0. The van der Waals surface area contributed by atoms with Crippen molar-refractivity contribution in [2.24, 2.45) is 17.8 Å². The Kier molecular flexibility index (Phi) is 6.30. The number of amides is 1. The number of carbonyl (C=O) groups excluding carboxylic acids is 1. The van der Waals surface area contributed by atoms with Crippen molar-refractivity contribution < 1.29 is 23.1 Å². The third kappa shape index (κ3) is 5.31. The van der Waals surface area contributed by atoms with Crippen molar-refractivity contribution in [3.63, 3.8) is 0 Å². The molecule has 2 N–H and O–H groups in total. The van der Waals surface area contributed by atoms with Gasteiger partial charge in [-0.15, -0.1) is 0 Å². The van der Waals surface area contributed by atoms with E-state index >= 15 is 0 Å². The molecule has 118 valence electrons. The van der Waals surface area contributed by atoms with Gasteiger partial charge in [0.2, 0.25) is 5.91 Å². The predicted octanol–water partition coefficient (Wildman–Crippen LogP) is 2.88. The fraction of sp³-hybridized carbons (Fsp3) is 0.929. The van der Waals surface area contributed by atoms with E-state index in [-0.39, 0.29) is 25.3 Å². The summed E-state index contributed by atoms with van der Waals surface area (Å²) < 4.78 is 38.7. The lowest BCUT2D eigenvalue weighted by Gasteiger charge is -2.32. The largest absolute Gasteiger partial charge is 0.392 e. The van der Waals surface area contributed by atoms with Crippen LogP contribution in [0.2, 0.25) is 0 Å². The minimum Gasteiger partial charge on any atom is -0.391 e. The molecule has 20 heavy (non-hydrogen) atoms. The maximum Gasteiger partial charge on any atom is 0.392 e. The maximum absolute atomic E-state index is 12.9. The van der Waals surface area contributed by atoms with Crippen LogP contribution in [0.5, 0.6) is 0 Å². The Bertz CT molecular complexity index is 318. The highest BCUT2D eigenvalue weighted by molar-refractivity contribution is 5.79. The van der Waals surface area contributed by atoms with E-state index in [0.717, 1.165) is 0 Å². The molecular weight excluding hydrogens is 271 g/mol. The SMILES string of the molecule is CC(C)CC(O)CNC(=O)C1CCCCC1C(F)(F)F. The third-order valence-corrected chi connectivity index (χ3v) is 3.78. The van der Waals surface area contributed by atoms with Crippen molar-refractivity contribution in [1.29, 1.82) is 0 Å². The van der Waals surface area contributed by atoms with Gasteiger partial charge in [0, 0.05) is 12.5 Å². The second-order valence-electron chi connectivity index (χ2n) is 6.07. The van der Waals surface area contributed by atoms with Gasteiger partial charge in [0.05, 0.1) is 12.0 Å². The summed E-state index contributed by atoms with van der Waals surface area (Å²) in [6.07, 6.45) is -3.03. The van der Waals surface area contributed by atoms with Gasteiger partial charge in [-0.05, 0) is 25.2 Å². The number of rotatable bonds is 5. The third-order valence-electron chi connectivity index (χ3n) is 3.78.